The van der Waals surface area contributed by atoms with Crippen molar-refractivity contribution >= 4 is 17.8 Å². The quantitative estimate of drug-likeness (QED) is 0.847. The van der Waals surface area contributed by atoms with Crippen molar-refractivity contribution in [2.75, 3.05) is 6.54 Å². The number of amides is 1. The summed E-state index contributed by atoms with van der Waals surface area (Å²) in [4.78, 5) is 36.6. The van der Waals surface area contributed by atoms with Gasteiger partial charge in [-0.3, -0.25) is 9.69 Å². The minimum Gasteiger partial charge on any atom is -0.480 e. The van der Waals surface area contributed by atoms with E-state index in [4.69, 9.17) is 4.74 Å². The molecule has 0 spiro atoms. The lowest BCUT2D eigenvalue weighted by Gasteiger charge is -2.32. The number of nitrogens with zero attached hydrogens (tertiary/aromatic N) is 1. The molecular formula is C16H25NO5. The second-order valence-corrected chi connectivity index (χ2v) is 7.29. The zero-order valence-electron chi connectivity index (χ0n) is 13.5. The molecule has 1 N–H and O–H groups in total. The maximum Gasteiger partial charge on any atom is 0.411 e. The van der Waals surface area contributed by atoms with Gasteiger partial charge < -0.3 is 9.84 Å². The summed E-state index contributed by atoms with van der Waals surface area (Å²) in [5.41, 5.74) is -0.643. The van der Waals surface area contributed by atoms with E-state index in [-0.39, 0.29) is 17.6 Å². The molecule has 2 rings (SSSR count). The molecule has 124 valence electrons. The van der Waals surface area contributed by atoms with Crippen LogP contribution in [-0.4, -0.2) is 46.0 Å². The van der Waals surface area contributed by atoms with Gasteiger partial charge in [-0.2, -0.15) is 0 Å². The van der Waals surface area contributed by atoms with E-state index in [2.05, 4.69) is 0 Å². The van der Waals surface area contributed by atoms with Crippen LogP contribution in [0.15, 0.2) is 0 Å². The summed E-state index contributed by atoms with van der Waals surface area (Å²) < 4.78 is 5.32. The van der Waals surface area contributed by atoms with Gasteiger partial charge in [0.15, 0.2) is 0 Å². The Bertz CT molecular complexity index is 458. The molecule has 0 aromatic rings. The molecule has 0 bridgehead atoms. The van der Waals surface area contributed by atoms with Crippen molar-refractivity contribution in [1.29, 1.82) is 0 Å². The van der Waals surface area contributed by atoms with Crippen LogP contribution in [0.25, 0.3) is 0 Å². The second kappa shape index (κ2) is 6.26. The number of carbonyl (C=O) groups is 3. The summed E-state index contributed by atoms with van der Waals surface area (Å²) in [6.45, 7) is 5.70. The molecule has 1 saturated carbocycles. The Morgan fingerprint density at radius 3 is 2.27 bits per heavy atom. The van der Waals surface area contributed by atoms with Gasteiger partial charge >= 0.3 is 12.1 Å². The number of hydrogen-bond acceptors (Lipinski definition) is 4. The molecule has 1 heterocycles. The number of carboxylic acids is 1. The van der Waals surface area contributed by atoms with Gasteiger partial charge in [0.1, 0.15) is 17.4 Å². The first kappa shape index (κ1) is 16.8. The van der Waals surface area contributed by atoms with Crippen LogP contribution in [0, 0.1) is 11.8 Å². The van der Waals surface area contributed by atoms with Crippen molar-refractivity contribution in [2.24, 2.45) is 11.8 Å². The third kappa shape index (κ3) is 3.78. The highest BCUT2D eigenvalue weighted by Crippen LogP contribution is 2.38. The lowest BCUT2D eigenvalue weighted by atomic mass is 9.76. The molecule has 1 aliphatic carbocycles. The molecule has 22 heavy (non-hydrogen) atoms. The van der Waals surface area contributed by atoms with Crippen molar-refractivity contribution in [1.82, 2.24) is 4.90 Å². The number of ether oxygens (including phenoxy) is 1. The number of carboxylic acid groups (broad SMARTS) is 1. The van der Waals surface area contributed by atoms with E-state index < -0.39 is 23.7 Å². The first-order chi connectivity index (χ1) is 10.2. The van der Waals surface area contributed by atoms with Gasteiger partial charge in [0.05, 0.1) is 0 Å². The summed E-state index contributed by atoms with van der Waals surface area (Å²) in [5.74, 6) is -0.611. The summed E-state index contributed by atoms with van der Waals surface area (Å²) >= 11 is 0. The number of carbonyl (C=O) groups excluding carboxylic acids is 2. The number of ketones is 1. The van der Waals surface area contributed by atoms with Crippen molar-refractivity contribution in [3.63, 3.8) is 0 Å². The zero-order valence-corrected chi connectivity index (χ0v) is 13.5. The highest BCUT2D eigenvalue weighted by Gasteiger charge is 2.46. The summed E-state index contributed by atoms with van der Waals surface area (Å²) in [6, 6.07) is -0.840. The lowest BCUT2D eigenvalue weighted by Crippen LogP contribution is -2.47. The molecule has 0 unspecified atom stereocenters. The van der Waals surface area contributed by atoms with Crippen molar-refractivity contribution in [2.45, 2.75) is 64.5 Å². The SMILES string of the molecule is CC(C)(C)OC(=O)N1CC[C@@H](C2CCC(=O)CC2)[C@H]1C(=O)O. The number of aliphatic carboxylic acids is 1. The van der Waals surface area contributed by atoms with Crippen LogP contribution in [0.3, 0.4) is 0 Å². The Hall–Kier alpha value is -1.59. The van der Waals surface area contributed by atoms with E-state index >= 15 is 0 Å². The highest BCUT2D eigenvalue weighted by molar-refractivity contribution is 5.82. The third-order valence-corrected chi connectivity index (χ3v) is 4.52. The molecule has 2 atom stereocenters. The summed E-state index contributed by atoms with van der Waals surface area (Å²) in [5, 5.41) is 9.57. The van der Waals surface area contributed by atoms with Crippen LogP contribution in [0.5, 0.6) is 0 Å². The molecule has 1 aliphatic heterocycles. The van der Waals surface area contributed by atoms with Crippen molar-refractivity contribution in [3.05, 3.63) is 0 Å². The number of likely N-dealkylation sites (tertiary alicyclic amines) is 1. The molecule has 1 amide bonds. The van der Waals surface area contributed by atoms with E-state index in [0.29, 0.717) is 25.8 Å². The lowest BCUT2D eigenvalue weighted by molar-refractivity contribution is -0.144. The topological polar surface area (TPSA) is 83.9 Å². The Kier molecular flexibility index (Phi) is 4.78. The largest absolute Gasteiger partial charge is 0.480 e. The first-order valence-corrected chi connectivity index (χ1v) is 7.93. The summed E-state index contributed by atoms with van der Waals surface area (Å²) in [6.07, 6.45) is 2.62. The van der Waals surface area contributed by atoms with Crippen LogP contribution < -0.4 is 0 Å². The van der Waals surface area contributed by atoms with Crippen LogP contribution in [-0.2, 0) is 14.3 Å². The average molecular weight is 311 g/mol. The fourth-order valence-electron chi connectivity index (χ4n) is 3.54. The fraction of sp³-hybridized carbons (Fsp3) is 0.812. The van der Waals surface area contributed by atoms with Gasteiger partial charge in [0.25, 0.3) is 0 Å². The van der Waals surface area contributed by atoms with E-state index in [1.165, 1.54) is 4.90 Å². The van der Waals surface area contributed by atoms with Crippen LogP contribution in [0.1, 0.15) is 52.9 Å². The van der Waals surface area contributed by atoms with Crippen molar-refractivity contribution < 1.29 is 24.2 Å². The number of rotatable bonds is 2. The minimum absolute atomic E-state index is 0.0851. The highest BCUT2D eigenvalue weighted by atomic mass is 16.6. The maximum atomic E-state index is 12.2. The fourth-order valence-corrected chi connectivity index (χ4v) is 3.54. The van der Waals surface area contributed by atoms with Gasteiger partial charge in [0, 0.05) is 19.4 Å². The molecule has 2 fully saturated rings. The zero-order chi connectivity index (χ0) is 16.5. The summed E-state index contributed by atoms with van der Waals surface area (Å²) in [7, 11) is 0. The maximum absolute atomic E-state index is 12.2. The predicted octanol–water partition coefficient (Wildman–Crippen LogP) is 2.46. The van der Waals surface area contributed by atoms with Gasteiger partial charge in [-0.15, -0.1) is 0 Å². The molecule has 0 aromatic heterocycles. The number of Topliss-reactive ketones (excluding diaryl/α,β-unsaturated/α-hetero) is 1. The Balaban J connectivity index is 2.09. The minimum atomic E-state index is -0.981. The van der Waals surface area contributed by atoms with Gasteiger partial charge in [-0.25, -0.2) is 9.59 Å². The molecule has 6 heteroatoms. The predicted molar refractivity (Wildman–Crippen MR) is 79.4 cm³/mol. The Morgan fingerprint density at radius 1 is 1.18 bits per heavy atom. The van der Waals surface area contributed by atoms with Crippen LogP contribution in [0.4, 0.5) is 4.79 Å². The monoisotopic (exact) mass is 311 g/mol. The Labute approximate surface area is 130 Å². The van der Waals surface area contributed by atoms with Gasteiger partial charge in [-0.1, -0.05) is 0 Å². The average Bonchev–Trinajstić information content (AvgIpc) is 2.82. The molecular weight excluding hydrogens is 286 g/mol. The molecule has 0 aromatic carbocycles. The van der Waals surface area contributed by atoms with Crippen molar-refractivity contribution in [3.8, 4) is 0 Å². The normalized spacial score (nSPS) is 27.0. The van der Waals surface area contributed by atoms with E-state index in [1.54, 1.807) is 20.8 Å². The standard InChI is InChI=1S/C16H25NO5/c1-16(2,3)22-15(21)17-9-8-12(13(17)14(19)20)10-4-6-11(18)7-5-10/h10,12-13H,4-9H2,1-3H3,(H,19,20)/t12-,13-/m0/s1. The van der Waals surface area contributed by atoms with E-state index in [1.807, 2.05) is 0 Å². The smallest absolute Gasteiger partial charge is 0.411 e. The molecule has 2 aliphatic rings. The molecule has 0 radical (unpaired) electrons. The Morgan fingerprint density at radius 2 is 1.77 bits per heavy atom. The van der Waals surface area contributed by atoms with E-state index in [9.17, 15) is 19.5 Å². The van der Waals surface area contributed by atoms with E-state index in [0.717, 1.165) is 12.8 Å². The van der Waals surface area contributed by atoms with Gasteiger partial charge in [0.2, 0.25) is 0 Å². The third-order valence-electron chi connectivity index (χ3n) is 4.52. The van der Waals surface area contributed by atoms with Gasteiger partial charge in [-0.05, 0) is 51.9 Å². The first-order valence-electron chi connectivity index (χ1n) is 7.93. The van der Waals surface area contributed by atoms with Crippen LogP contribution >= 0.6 is 0 Å². The molecule has 1 saturated heterocycles. The second-order valence-electron chi connectivity index (χ2n) is 7.29. The number of hydrogen-bond donors (Lipinski definition) is 1. The van der Waals surface area contributed by atoms with Crippen LogP contribution in [0.2, 0.25) is 0 Å². The molecule has 6 nitrogen and oxygen atoms in total.